The number of rotatable bonds is 8. The van der Waals surface area contributed by atoms with Gasteiger partial charge in [-0.25, -0.2) is 15.0 Å². The highest BCUT2D eigenvalue weighted by atomic mass is 14.9. The molecule has 0 unspecified atom stereocenters. The Balaban J connectivity index is 0.978. The van der Waals surface area contributed by atoms with Crippen LogP contribution >= 0.6 is 0 Å². The van der Waals surface area contributed by atoms with Gasteiger partial charge in [0.1, 0.15) is 0 Å². The molecule has 9 aromatic carbocycles. The van der Waals surface area contributed by atoms with Crippen LogP contribution in [0, 0.1) is 0 Å². The number of pyridine rings is 1. The van der Waals surface area contributed by atoms with Crippen molar-refractivity contribution >= 4 is 21.7 Å². The van der Waals surface area contributed by atoms with Crippen molar-refractivity contribution in [2.45, 2.75) is 0 Å². The lowest BCUT2D eigenvalue weighted by atomic mass is 9.94. The van der Waals surface area contributed by atoms with E-state index in [1.54, 1.807) is 0 Å². The summed E-state index contributed by atoms with van der Waals surface area (Å²) in [6, 6.07) is 83.4. The molecule has 2 heterocycles. The zero-order chi connectivity index (χ0) is 41.2. The molecule has 0 saturated carbocycles. The van der Waals surface area contributed by atoms with Gasteiger partial charge < -0.3 is 0 Å². The van der Waals surface area contributed by atoms with Crippen LogP contribution < -0.4 is 0 Å². The maximum atomic E-state index is 5.27. The molecular weight excluding hydrogens is 751 g/mol. The highest BCUT2D eigenvalue weighted by molar-refractivity contribution is 6.13. The summed E-state index contributed by atoms with van der Waals surface area (Å²) in [5.41, 5.74) is 16.9. The molecular formula is C59H39N3. The molecule has 0 fully saturated rings. The molecule has 62 heavy (non-hydrogen) atoms. The normalized spacial score (nSPS) is 11.2. The number of aromatic nitrogens is 3. The molecule has 11 rings (SSSR count). The van der Waals surface area contributed by atoms with Crippen LogP contribution in [-0.2, 0) is 0 Å². The number of nitrogens with zero attached hydrogens (tertiary/aromatic N) is 3. The Hall–Kier alpha value is -8.27. The average Bonchev–Trinajstić information content (AvgIpc) is 3.37. The van der Waals surface area contributed by atoms with Gasteiger partial charge in [-0.15, -0.1) is 0 Å². The summed E-state index contributed by atoms with van der Waals surface area (Å²) in [7, 11) is 0. The first kappa shape index (κ1) is 36.8. The zero-order valence-corrected chi connectivity index (χ0v) is 33.9. The molecule has 3 heteroatoms. The molecule has 0 atom stereocenters. The third-order valence-corrected chi connectivity index (χ3v) is 11.7. The standard InChI is InChI=1S/C59H39N3/c1-4-15-40(16-5-1)46-22-12-26-50(35-46)56-39-57(51-27-13-23-47(36-51)41-17-6-2-7-18-41)62-59(61-56)45-31-29-42(30-32-45)48-24-14-25-49(37-48)55-38-53(43-19-8-3-9-20-43)58-52-28-11-10-21-44(52)33-34-54(58)60-55/h1-39H. The van der Waals surface area contributed by atoms with Gasteiger partial charge in [-0.3, -0.25) is 0 Å². The third kappa shape index (κ3) is 7.23. The van der Waals surface area contributed by atoms with E-state index in [1.807, 2.05) is 12.1 Å². The van der Waals surface area contributed by atoms with Crippen LogP contribution in [0.2, 0.25) is 0 Å². The summed E-state index contributed by atoms with van der Waals surface area (Å²) in [6.07, 6.45) is 0. The van der Waals surface area contributed by atoms with Crippen LogP contribution in [0.15, 0.2) is 237 Å². The fraction of sp³-hybridized carbons (Fsp3) is 0. The molecule has 0 bridgehead atoms. The lowest BCUT2D eigenvalue weighted by molar-refractivity contribution is 1.18. The van der Waals surface area contributed by atoms with Crippen molar-refractivity contribution in [2.24, 2.45) is 0 Å². The molecule has 0 aliphatic rings. The molecule has 0 N–H and O–H groups in total. The summed E-state index contributed by atoms with van der Waals surface area (Å²) in [4.78, 5) is 15.7. The van der Waals surface area contributed by atoms with Gasteiger partial charge in [0.2, 0.25) is 0 Å². The van der Waals surface area contributed by atoms with Gasteiger partial charge in [-0.05, 0) is 91.7 Å². The average molecular weight is 790 g/mol. The predicted octanol–water partition coefficient (Wildman–Crippen LogP) is 15.5. The summed E-state index contributed by atoms with van der Waals surface area (Å²) >= 11 is 0. The smallest absolute Gasteiger partial charge is 0.160 e. The minimum Gasteiger partial charge on any atom is -0.248 e. The monoisotopic (exact) mass is 789 g/mol. The minimum atomic E-state index is 0.675. The molecule has 0 radical (unpaired) electrons. The van der Waals surface area contributed by atoms with Gasteiger partial charge in [0.15, 0.2) is 5.82 Å². The Kier molecular flexibility index (Phi) is 9.53. The van der Waals surface area contributed by atoms with Crippen molar-refractivity contribution in [3.63, 3.8) is 0 Å². The van der Waals surface area contributed by atoms with Crippen molar-refractivity contribution in [1.29, 1.82) is 0 Å². The van der Waals surface area contributed by atoms with Gasteiger partial charge >= 0.3 is 0 Å². The van der Waals surface area contributed by atoms with Crippen LogP contribution in [0.4, 0.5) is 0 Å². The summed E-state index contributed by atoms with van der Waals surface area (Å²) in [6.45, 7) is 0. The Morgan fingerprint density at radius 1 is 0.242 bits per heavy atom. The minimum absolute atomic E-state index is 0.675. The largest absolute Gasteiger partial charge is 0.248 e. The van der Waals surface area contributed by atoms with Gasteiger partial charge in [0.25, 0.3) is 0 Å². The van der Waals surface area contributed by atoms with Gasteiger partial charge in [-0.2, -0.15) is 0 Å². The Labute approximate surface area is 361 Å². The molecule has 0 aliphatic heterocycles. The molecule has 2 aromatic heterocycles. The predicted molar refractivity (Wildman–Crippen MR) is 258 cm³/mol. The summed E-state index contributed by atoms with van der Waals surface area (Å²) in [5.74, 6) is 0.675. The van der Waals surface area contributed by atoms with E-state index in [0.29, 0.717) is 5.82 Å². The first-order valence-corrected chi connectivity index (χ1v) is 21.0. The maximum absolute atomic E-state index is 5.27. The van der Waals surface area contributed by atoms with Gasteiger partial charge in [0.05, 0.1) is 22.6 Å². The van der Waals surface area contributed by atoms with E-state index in [0.717, 1.165) is 67.1 Å². The fourth-order valence-corrected chi connectivity index (χ4v) is 8.52. The zero-order valence-electron chi connectivity index (χ0n) is 33.9. The quantitative estimate of drug-likeness (QED) is 0.144. The number of hydrogen-bond donors (Lipinski definition) is 0. The van der Waals surface area contributed by atoms with E-state index in [4.69, 9.17) is 15.0 Å². The SMILES string of the molecule is c1ccc(-c2cccc(-c3cc(-c4cccc(-c5ccccc5)c4)nc(-c4ccc(-c5cccc(-c6cc(-c7ccccc7)c7c(ccc8ccccc87)n6)c5)cc4)n3)c2)cc1. The van der Waals surface area contributed by atoms with Crippen molar-refractivity contribution in [1.82, 2.24) is 15.0 Å². The van der Waals surface area contributed by atoms with E-state index < -0.39 is 0 Å². The lowest BCUT2D eigenvalue weighted by Crippen LogP contribution is -1.96. The molecule has 11 aromatic rings. The van der Waals surface area contributed by atoms with E-state index in [-0.39, 0.29) is 0 Å². The second-order valence-electron chi connectivity index (χ2n) is 15.6. The summed E-state index contributed by atoms with van der Waals surface area (Å²) < 4.78 is 0. The van der Waals surface area contributed by atoms with Crippen molar-refractivity contribution in [3.8, 4) is 89.7 Å². The molecule has 0 aliphatic carbocycles. The van der Waals surface area contributed by atoms with Crippen molar-refractivity contribution < 1.29 is 0 Å². The van der Waals surface area contributed by atoms with Crippen LogP contribution in [0.5, 0.6) is 0 Å². The second-order valence-corrected chi connectivity index (χ2v) is 15.6. The van der Waals surface area contributed by atoms with E-state index >= 15 is 0 Å². The molecule has 290 valence electrons. The van der Waals surface area contributed by atoms with Crippen molar-refractivity contribution in [2.75, 3.05) is 0 Å². The van der Waals surface area contributed by atoms with Crippen LogP contribution in [0.3, 0.4) is 0 Å². The first-order chi connectivity index (χ1) is 30.7. The third-order valence-electron chi connectivity index (χ3n) is 11.7. The highest BCUT2D eigenvalue weighted by Crippen LogP contribution is 2.38. The summed E-state index contributed by atoms with van der Waals surface area (Å²) in [5, 5.41) is 3.59. The molecule has 3 nitrogen and oxygen atoms in total. The number of fused-ring (bicyclic) bond motifs is 3. The topological polar surface area (TPSA) is 38.7 Å². The maximum Gasteiger partial charge on any atom is 0.160 e. The number of hydrogen-bond acceptors (Lipinski definition) is 3. The fourth-order valence-electron chi connectivity index (χ4n) is 8.52. The Morgan fingerprint density at radius 3 is 1.21 bits per heavy atom. The highest BCUT2D eigenvalue weighted by Gasteiger charge is 2.15. The molecule has 0 spiro atoms. The van der Waals surface area contributed by atoms with Gasteiger partial charge in [0, 0.05) is 27.6 Å². The Morgan fingerprint density at radius 2 is 0.661 bits per heavy atom. The molecule has 0 amide bonds. The van der Waals surface area contributed by atoms with Crippen LogP contribution in [0.25, 0.3) is 111 Å². The first-order valence-electron chi connectivity index (χ1n) is 21.0. The van der Waals surface area contributed by atoms with E-state index in [1.165, 1.54) is 38.4 Å². The van der Waals surface area contributed by atoms with E-state index in [2.05, 4.69) is 224 Å². The van der Waals surface area contributed by atoms with Gasteiger partial charge in [-0.1, -0.05) is 200 Å². The second kappa shape index (κ2) is 16.1. The van der Waals surface area contributed by atoms with Crippen LogP contribution in [0.1, 0.15) is 0 Å². The van der Waals surface area contributed by atoms with Crippen LogP contribution in [-0.4, -0.2) is 15.0 Å². The molecule has 0 saturated heterocycles. The Bertz CT molecular complexity index is 3280. The number of benzene rings is 9. The lowest BCUT2D eigenvalue weighted by Gasteiger charge is -2.14. The van der Waals surface area contributed by atoms with Crippen molar-refractivity contribution in [3.05, 3.63) is 237 Å². The van der Waals surface area contributed by atoms with E-state index in [9.17, 15) is 0 Å².